The fraction of sp³-hybridized carbons (Fsp3) is 1.00. The Balaban J connectivity index is 1.36. The van der Waals surface area contributed by atoms with E-state index in [2.05, 4.69) is 55.4 Å². The van der Waals surface area contributed by atoms with Crippen LogP contribution in [0.15, 0.2) is 0 Å². The lowest BCUT2D eigenvalue weighted by molar-refractivity contribution is -0.189. The van der Waals surface area contributed by atoms with Gasteiger partial charge >= 0.3 is 0 Å². The van der Waals surface area contributed by atoms with Gasteiger partial charge in [-0.15, -0.1) is 0 Å². The maximum atomic E-state index is 12.2. The van der Waals surface area contributed by atoms with Gasteiger partial charge in [0.25, 0.3) is 0 Å². The molecule has 6 aliphatic rings. The van der Waals surface area contributed by atoms with Crippen molar-refractivity contribution in [2.24, 2.45) is 56.2 Å². The van der Waals surface area contributed by atoms with Crippen molar-refractivity contribution in [1.82, 2.24) is 0 Å². The summed E-state index contributed by atoms with van der Waals surface area (Å²) in [4.78, 5) is 0. The van der Waals surface area contributed by atoms with E-state index in [4.69, 9.17) is 4.74 Å². The average molecular weight is 489 g/mol. The average Bonchev–Trinajstić information content (AvgIpc) is 3.40. The van der Waals surface area contributed by atoms with E-state index in [0.717, 1.165) is 12.8 Å². The molecule has 1 heterocycles. The Kier molecular flexibility index (Phi) is 5.08. The second-order valence-electron chi connectivity index (χ2n) is 16.4. The number of aliphatic hydroxyl groups excluding tert-OH is 3. The van der Waals surface area contributed by atoms with Gasteiger partial charge in [-0.25, -0.2) is 0 Å². The third-order valence-corrected chi connectivity index (χ3v) is 14.0. The fourth-order valence-corrected chi connectivity index (χ4v) is 12.1. The summed E-state index contributed by atoms with van der Waals surface area (Å²) in [7, 11) is 0. The van der Waals surface area contributed by atoms with Gasteiger partial charge in [-0.3, -0.25) is 0 Å². The van der Waals surface area contributed by atoms with E-state index in [0.29, 0.717) is 34.5 Å². The molecule has 5 aliphatic carbocycles. The molecular formula is C31H52O4. The first-order valence-electron chi connectivity index (χ1n) is 14.8. The third-order valence-electron chi connectivity index (χ3n) is 14.0. The predicted molar refractivity (Wildman–Crippen MR) is 138 cm³/mol. The second kappa shape index (κ2) is 7.07. The molecule has 35 heavy (non-hydrogen) atoms. The number of aliphatic hydroxyl groups is 3. The molecule has 1 saturated heterocycles. The Labute approximate surface area is 213 Å². The first kappa shape index (κ1) is 25.1. The molecule has 3 N–H and O–H groups in total. The SMILES string of the molecule is C[C@@H]1CC(C(O)C(C)(C)C)OC2C1[C@@]1(C)CCC34C[C@@]35CC[C@H](O)C(C)(C)[C@@H]5CC[C@H]4C1(C)[C@H]2O. The molecule has 5 saturated carbocycles. The number of ether oxygens (including phenoxy) is 1. The third kappa shape index (κ3) is 2.74. The van der Waals surface area contributed by atoms with Crippen LogP contribution in [0.3, 0.4) is 0 Å². The molecule has 0 aromatic carbocycles. The minimum atomic E-state index is -0.522. The quantitative estimate of drug-likeness (QED) is 0.451. The Hall–Kier alpha value is -0.160. The van der Waals surface area contributed by atoms with Crippen molar-refractivity contribution < 1.29 is 20.1 Å². The van der Waals surface area contributed by atoms with Crippen LogP contribution in [0, 0.1) is 56.2 Å². The second-order valence-corrected chi connectivity index (χ2v) is 16.4. The summed E-state index contributed by atoms with van der Waals surface area (Å²) in [6, 6.07) is 0. The zero-order valence-electron chi connectivity index (χ0n) is 23.6. The minimum absolute atomic E-state index is 0.00933. The van der Waals surface area contributed by atoms with Gasteiger partial charge in [-0.1, -0.05) is 55.4 Å². The Morgan fingerprint density at radius 2 is 1.51 bits per heavy atom. The summed E-state index contributed by atoms with van der Waals surface area (Å²) in [5.74, 6) is 1.91. The molecule has 0 amide bonds. The number of fused-ring (bicyclic) bond motifs is 4. The molecule has 6 fully saturated rings. The Morgan fingerprint density at radius 1 is 0.886 bits per heavy atom. The van der Waals surface area contributed by atoms with E-state index in [9.17, 15) is 15.3 Å². The maximum absolute atomic E-state index is 12.2. The zero-order chi connectivity index (χ0) is 25.6. The molecule has 4 nitrogen and oxygen atoms in total. The first-order valence-corrected chi connectivity index (χ1v) is 14.8. The van der Waals surface area contributed by atoms with Gasteiger partial charge in [0, 0.05) is 5.41 Å². The molecule has 0 radical (unpaired) electrons. The van der Waals surface area contributed by atoms with Crippen LogP contribution in [0.5, 0.6) is 0 Å². The zero-order valence-corrected chi connectivity index (χ0v) is 23.6. The summed E-state index contributed by atoms with van der Waals surface area (Å²) in [5.41, 5.74) is 0.361. The number of hydrogen-bond acceptors (Lipinski definition) is 4. The van der Waals surface area contributed by atoms with E-state index in [-0.39, 0.29) is 40.0 Å². The highest BCUT2D eigenvalue weighted by molar-refractivity contribution is 5.32. The molecule has 6 rings (SSSR count). The summed E-state index contributed by atoms with van der Waals surface area (Å²) in [6.07, 6.45) is 7.55. The van der Waals surface area contributed by atoms with E-state index in [1.54, 1.807) is 0 Å². The highest BCUT2D eigenvalue weighted by atomic mass is 16.5. The van der Waals surface area contributed by atoms with Gasteiger partial charge in [0.2, 0.25) is 0 Å². The Morgan fingerprint density at radius 3 is 2.17 bits per heavy atom. The first-order chi connectivity index (χ1) is 16.1. The van der Waals surface area contributed by atoms with Crippen LogP contribution in [0.2, 0.25) is 0 Å². The summed E-state index contributed by atoms with van der Waals surface area (Å²) >= 11 is 0. The van der Waals surface area contributed by atoms with Crippen molar-refractivity contribution in [3.8, 4) is 0 Å². The van der Waals surface area contributed by atoms with Crippen LogP contribution >= 0.6 is 0 Å². The lowest BCUT2D eigenvalue weighted by atomic mass is 9.41. The Bertz CT molecular complexity index is 893. The summed E-state index contributed by atoms with van der Waals surface area (Å²) < 4.78 is 6.75. The molecule has 200 valence electrons. The topological polar surface area (TPSA) is 69.9 Å². The maximum Gasteiger partial charge on any atom is 0.0880 e. The normalized spacial score (nSPS) is 59.4. The molecule has 4 heteroatoms. The highest BCUT2D eigenvalue weighted by Crippen LogP contribution is 2.89. The van der Waals surface area contributed by atoms with Crippen LogP contribution in [-0.2, 0) is 4.74 Å². The molecule has 13 atom stereocenters. The predicted octanol–water partition coefficient (Wildman–Crippen LogP) is 5.57. The summed E-state index contributed by atoms with van der Waals surface area (Å²) in [6.45, 7) is 18.2. The van der Waals surface area contributed by atoms with Gasteiger partial charge in [-0.05, 0) is 102 Å². The largest absolute Gasteiger partial charge is 0.393 e. The van der Waals surface area contributed by atoms with Crippen LogP contribution in [0.25, 0.3) is 0 Å². The van der Waals surface area contributed by atoms with E-state index in [1.807, 2.05) is 0 Å². The fourth-order valence-electron chi connectivity index (χ4n) is 12.1. The van der Waals surface area contributed by atoms with Crippen molar-refractivity contribution in [2.45, 2.75) is 137 Å². The summed E-state index contributed by atoms with van der Waals surface area (Å²) in [5, 5.41) is 34.3. The van der Waals surface area contributed by atoms with Crippen LogP contribution in [0.1, 0.15) is 107 Å². The highest BCUT2D eigenvalue weighted by Gasteiger charge is 2.84. The molecular weight excluding hydrogens is 436 g/mol. The molecule has 1 aliphatic heterocycles. The number of rotatable bonds is 1. The molecule has 0 aromatic rings. The minimum Gasteiger partial charge on any atom is -0.393 e. The monoisotopic (exact) mass is 488 g/mol. The van der Waals surface area contributed by atoms with Crippen LogP contribution in [0.4, 0.5) is 0 Å². The molecule has 2 spiro atoms. The van der Waals surface area contributed by atoms with Gasteiger partial charge < -0.3 is 20.1 Å². The standard InChI is InChI=1S/C31H52O4/c1-17-15-18(24(33)26(2,3)4)35-23-22(17)28(7)13-14-31-16-30(31)12-11-21(32)27(5,6)19(30)9-10-20(31)29(28,8)25(23)34/h17-25,32-34H,9-16H2,1-8H3/t17-,18?,19+,20+,21+,22?,23?,24?,25+,28-,29?,30-,31?/m1/s1. The van der Waals surface area contributed by atoms with E-state index in [1.165, 1.54) is 38.5 Å². The molecule has 0 bridgehead atoms. The van der Waals surface area contributed by atoms with Crippen molar-refractivity contribution in [1.29, 1.82) is 0 Å². The molecule has 0 aromatic heterocycles. The lowest BCUT2D eigenvalue weighted by Crippen LogP contribution is -2.59. The van der Waals surface area contributed by atoms with Crippen molar-refractivity contribution >= 4 is 0 Å². The van der Waals surface area contributed by atoms with Crippen molar-refractivity contribution in [2.75, 3.05) is 0 Å². The number of hydrogen-bond donors (Lipinski definition) is 3. The van der Waals surface area contributed by atoms with E-state index >= 15 is 0 Å². The van der Waals surface area contributed by atoms with Gasteiger partial charge in [0.1, 0.15) is 0 Å². The van der Waals surface area contributed by atoms with Gasteiger partial charge in [0.15, 0.2) is 0 Å². The van der Waals surface area contributed by atoms with Crippen molar-refractivity contribution in [3.63, 3.8) is 0 Å². The lowest BCUT2D eigenvalue weighted by Gasteiger charge is -2.63. The van der Waals surface area contributed by atoms with Crippen molar-refractivity contribution in [3.05, 3.63) is 0 Å². The van der Waals surface area contributed by atoms with Crippen LogP contribution in [-0.4, -0.2) is 45.8 Å². The smallest absolute Gasteiger partial charge is 0.0880 e. The van der Waals surface area contributed by atoms with Gasteiger partial charge in [0.05, 0.1) is 30.5 Å². The van der Waals surface area contributed by atoms with E-state index < -0.39 is 12.2 Å². The van der Waals surface area contributed by atoms with Crippen LogP contribution < -0.4 is 0 Å². The van der Waals surface area contributed by atoms with Gasteiger partial charge in [-0.2, -0.15) is 0 Å². The molecule has 6 unspecified atom stereocenters.